The van der Waals surface area contributed by atoms with Gasteiger partial charge in [-0.25, -0.2) is 4.90 Å². The molecular formula is C26H30N2O5. The summed E-state index contributed by atoms with van der Waals surface area (Å²) in [4.78, 5) is 30.9. The van der Waals surface area contributed by atoms with Gasteiger partial charge in [0, 0.05) is 19.2 Å². The molecule has 2 heterocycles. The van der Waals surface area contributed by atoms with Gasteiger partial charge in [0.15, 0.2) is 11.5 Å². The first kappa shape index (κ1) is 22.7. The number of nitrogens with zero attached hydrogens (tertiary/aromatic N) is 2. The van der Waals surface area contributed by atoms with Crippen molar-refractivity contribution in [3.05, 3.63) is 53.7 Å². The monoisotopic (exact) mass is 450 g/mol. The Morgan fingerprint density at radius 1 is 1.00 bits per heavy atom. The van der Waals surface area contributed by atoms with E-state index in [2.05, 4.69) is 11.8 Å². The first-order valence-corrected chi connectivity index (χ1v) is 11.3. The number of methoxy groups -OCH3 is 2. The van der Waals surface area contributed by atoms with Gasteiger partial charge in [0.05, 0.1) is 32.1 Å². The van der Waals surface area contributed by atoms with Crippen LogP contribution in [0.15, 0.2) is 48.2 Å². The molecule has 7 heteroatoms. The Morgan fingerprint density at radius 3 is 2.48 bits per heavy atom. The van der Waals surface area contributed by atoms with Crippen molar-refractivity contribution in [3.63, 3.8) is 0 Å². The van der Waals surface area contributed by atoms with E-state index >= 15 is 0 Å². The lowest BCUT2D eigenvalue weighted by molar-refractivity contribution is -0.120. The van der Waals surface area contributed by atoms with Crippen molar-refractivity contribution >= 4 is 23.1 Å². The Hall–Kier alpha value is -3.48. The summed E-state index contributed by atoms with van der Waals surface area (Å²) < 4.78 is 16.4. The molecular weight excluding hydrogens is 420 g/mol. The molecule has 1 atom stereocenters. The molecule has 0 N–H and O–H groups in total. The van der Waals surface area contributed by atoms with Crippen LogP contribution in [0, 0.1) is 5.92 Å². The summed E-state index contributed by atoms with van der Waals surface area (Å²) in [5.74, 6) is 1.46. The van der Waals surface area contributed by atoms with Crippen LogP contribution >= 0.6 is 0 Å². The third kappa shape index (κ3) is 4.27. The normalized spacial score (nSPS) is 18.7. The summed E-state index contributed by atoms with van der Waals surface area (Å²) in [7, 11) is 3.12. The van der Waals surface area contributed by atoms with Crippen molar-refractivity contribution in [1.82, 2.24) is 4.90 Å². The van der Waals surface area contributed by atoms with E-state index in [0.717, 1.165) is 25.9 Å². The van der Waals surface area contributed by atoms with E-state index in [0.29, 0.717) is 52.3 Å². The van der Waals surface area contributed by atoms with Gasteiger partial charge in [0.1, 0.15) is 11.4 Å². The van der Waals surface area contributed by atoms with Crippen LogP contribution in [-0.2, 0) is 9.59 Å². The van der Waals surface area contributed by atoms with Crippen LogP contribution in [0.5, 0.6) is 17.2 Å². The molecule has 2 aliphatic rings. The number of hydrogen-bond acceptors (Lipinski definition) is 6. The predicted octanol–water partition coefficient (Wildman–Crippen LogP) is 4.12. The average Bonchev–Trinajstić information content (AvgIpc) is 3.08. The number of likely N-dealkylation sites (tertiary alicyclic amines) is 1. The third-order valence-electron chi connectivity index (χ3n) is 6.09. The zero-order valence-electron chi connectivity index (χ0n) is 19.6. The highest BCUT2D eigenvalue weighted by molar-refractivity contribution is 6.45. The van der Waals surface area contributed by atoms with Gasteiger partial charge in [-0.2, -0.15) is 0 Å². The van der Waals surface area contributed by atoms with Crippen LogP contribution in [0.2, 0.25) is 0 Å². The van der Waals surface area contributed by atoms with E-state index in [-0.39, 0.29) is 11.8 Å². The second-order valence-electron chi connectivity index (χ2n) is 8.36. The summed E-state index contributed by atoms with van der Waals surface area (Å²) in [6.45, 7) is 6.04. The number of amides is 2. The van der Waals surface area contributed by atoms with Gasteiger partial charge in [-0.05, 0) is 55.5 Å². The quantitative estimate of drug-likeness (QED) is 0.591. The minimum absolute atomic E-state index is 0.312. The molecule has 0 saturated carbocycles. The summed E-state index contributed by atoms with van der Waals surface area (Å²) in [5, 5.41) is 0. The molecule has 2 aliphatic heterocycles. The molecule has 0 aliphatic carbocycles. The van der Waals surface area contributed by atoms with Crippen LogP contribution in [0.1, 0.15) is 32.3 Å². The topological polar surface area (TPSA) is 68.3 Å². The van der Waals surface area contributed by atoms with Gasteiger partial charge < -0.3 is 19.1 Å². The van der Waals surface area contributed by atoms with Crippen LogP contribution in [0.25, 0.3) is 5.57 Å². The lowest BCUT2D eigenvalue weighted by atomic mass is 9.97. The predicted molar refractivity (Wildman–Crippen MR) is 127 cm³/mol. The molecule has 1 fully saturated rings. The Bertz CT molecular complexity index is 1090. The van der Waals surface area contributed by atoms with E-state index in [1.165, 1.54) is 4.90 Å². The van der Waals surface area contributed by atoms with Gasteiger partial charge in [-0.1, -0.05) is 19.1 Å². The van der Waals surface area contributed by atoms with E-state index in [4.69, 9.17) is 14.2 Å². The molecule has 2 aromatic carbocycles. The summed E-state index contributed by atoms with van der Waals surface area (Å²) >= 11 is 0. The van der Waals surface area contributed by atoms with Crippen LogP contribution in [0.4, 0.5) is 5.69 Å². The fourth-order valence-corrected chi connectivity index (χ4v) is 4.57. The highest BCUT2D eigenvalue weighted by atomic mass is 16.5. The van der Waals surface area contributed by atoms with Gasteiger partial charge in [0.2, 0.25) is 0 Å². The van der Waals surface area contributed by atoms with E-state index in [1.807, 2.05) is 13.0 Å². The molecule has 174 valence electrons. The van der Waals surface area contributed by atoms with Crippen LogP contribution in [-0.4, -0.2) is 50.6 Å². The number of imide groups is 1. The highest BCUT2D eigenvalue weighted by Gasteiger charge is 2.43. The molecule has 0 spiro atoms. The largest absolute Gasteiger partial charge is 0.494 e. The maximum absolute atomic E-state index is 13.8. The van der Waals surface area contributed by atoms with Crippen LogP contribution in [0.3, 0.4) is 0 Å². The Labute approximate surface area is 194 Å². The van der Waals surface area contributed by atoms with E-state index in [1.54, 1.807) is 50.6 Å². The van der Waals surface area contributed by atoms with Gasteiger partial charge in [0.25, 0.3) is 11.8 Å². The Balaban J connectivity index is 1.83. The van der Waals surface area contributed by atoms with E-state index < -0.39 is 0 Å². The molecule has 1 unspecified atom stereocenters. The van der Waals surface area contributed by atoms with Gasteiger partial charge >= 0.3 is 0 Å². The SMILES string of the molecule is CCOc1cccc(N2C(=O)C(c3ccc(OC)c(OC)c3)=C(N3CCCC(C)C3)C2=O)c1. The smallest absolute Gasteiger partial charge is 0.282 e. The Morgan fingerprint density at radius 2 is 1.79 bits per heavy atom. The van der Waals surface area contributed by atoms with Crippen molar-refractivity contribution in [1.29, 1.82) is 0 Å². The molecule has 0 aromatic heterocycles. The maximum atomic E-state index is 13.8. The zero-order valence-corrected chi connectivity index (χ0v) is 19.6. The number of benzene rings is 2. The van der Waals surface area contributed by atoms with Gasteiger partial charge in [-0.3, -0.25) is 9.59 Å². The number of piperidine rings is 1. The second-order valence-corrected chi connectivity index (χ2v) is 8.36. The fraction of sp³-hybridized carbons (Fsp3) is 0.385. The molecule has 1 saturated heterocycles. The number of hydrogen-bond donors (Lipinski definition) is 0. The van der Waals surface area contributed by atoms with Crippen molar-refractivity contribution in [3.8, 4) is 17.2 Å². The number of anilines is 1. The number of carbonyl (C=O) groups excluding carboxylic acids is 2. The van der Waals surface area contributed by atoms with Crippen molar-refractivity contribution in [2.75, 3.05) is 38.8 Å². The summed E-state index contributed by atoms with van der Waals surface area (Å²) in [6.07, 6.45) is 2.09. The molecule has 0 bridgehead atoms. The number of carbonyl (C=O) groups is 2. The minimum atomic E-state index is -0.353. The van der Waals surface area contributed by atoms with E-state index in [9.17, 15) is 9.59 Å². The third-order valence-corrected chi connectivity index (χ3v) is 6.09. The molecule has 2 aromatic rings. The number of ether oxygens (including phenoxy) is 3. The lowest BCUT2D eigenvalue weighted by Crippen LogP contribution is -2.39. The Kier molecular flexibility index (Phi) is 6.58. The summed E-state index contributed by atoms with van der Waals surface area (Å²) in [5.41, 5.74) is 1.95. The highest BCUT2D eigenvalue weighted by Crippen LogP contribution is 2.39. The molecule has 0 radical (unpaired) electrons. The number of rotatable bonds is 7. The van der Waals surface area contributed by atoms with Crippen molar-refractivity contribution in [2.45, 2.75) is 26.7 Å². The fourth-order valence-electron chi connectivity index (χ4n) is 4.57. The summed E-state index contributed by atoms with van der Waals surface area (Å²) in [6, 6.07) is 12.4. The second kappa shape index (κ2) is 9.57. The molecule has 4 rings (SSSR count). The molecule has 7 nitrogen and oxygen atoms in total. The first-order chi connectivity index (χ1) is 16.0. The first-order valence-electron chi connectivity index (χ1n) is 11.3. The lowest BCUT2D eigenvalue weighted by Gasteiger charge is -2.33. The minimum Gasteiger partial charge on any atom is -0.494 e. The molecule has 2 amide bonds. The maximum Gasteiger partial charge on any atom is 0.282 e. The van der Waals surface area contributed by atoms with Crippen molar-refractivity contribution < 1.29 is 23.8 Å². The standard InChI is InChI=1S/C26H30N2O5/c1-5-33-20-10-6-9-19(15-20)28-25(29)23(18-11-12-21(31-3)22(14-18)32-4)24(26(28)30)27-13-7-8-17(2)16-27/h6,9-12,14-15,17H,5,7-8,13,16H2,1-4H3. The van der Waals surface area contributed by atoms with Crippen molar-refractivity contribution in [2.24, 2.45) is 5.92 Å². The molecule has 33 heavy (non-hydrogen) atoms. The average molecular weight is 451 g/mol. The van der Waals surface area contributed by atoms with Gasteiger partial charge in [-0.15, -0.1) is 0 Å². The van der Waals surface area contributed by atoms with Crippen LogP contribution < -0.4 is 19.1 Å². The zero-order chi connectivity index (χ0) is 23.5.